The van der Waals surface area contributed by atoms with Gasteiger partial charge in [0.15, 0.2) is 11.5 Å². The van der Waals surface area contributed by atoms with Crippen LogP contribution in [-0.2, 0) is 11.3 Å². The van der Waals surface area contributed by atoms with Gasteiger partial charge in [0.1, 0.15) is 6.54 Å². The van der Waals surface area contributed by atoms with Crippen LogP contribution < -0.4 is 10.2 Å². The van der Waals surface area contributed by atoms with Crippen LogP contribution in [-0.4, -0.2) is 48.9 Å². The minimum absolute atomic E-state index is 0.0623. The molecular weight excluding hydrogens is 354 g/mol. The van der Waals surface area contributed by atoms with E-state index >= 15 is 0 Å². The van der Waals surface area contributed by atoms with Crippen molar-refractivity contribution >= 4 is 23.8 Å². The molecule has 14 nitrogen and oxygen atoms in total. The lowest BCUT2D eigenvalue weighted by molar-refractivity contribution is -0.394. The van der Waals surface area contributed by atoms with E-state index < -0.39 is 34.0 Å². The molecule has 2 aromatic rings. The Morgan fingerprint density at radius 1 is 1.42 bits per heavy atom. The number of nitrogens with zero attached hydrogens (tertiary/aromatic N) is 6. The number of carbonyl (C=O) groups excluding carboxylic acids is 1. The Kier molecular flexibility index (Phi) is 5.36. The molecule has 0 atom stereocenters. The Morgan fingerprint density at radius 2 is 2.15 bits per heavy atom. The Balaban J connectivity index is 2.07. The Hall–Kier alpha value is -4.10. The second-order valence-electron chi connectivity index (χ2n) is 4.64. The van der Waals surface area contributed by atoms with Gasteiger partial charge in [-0.05, 0) is 4.92 Å². The number of hydrazone groups is 1. The van der Waals surface area contributed by atoms with Crippen molar-refractivity contribution in [1.82, 2.24) is 20.2 Å². The number of nitro benzene ring substituents is 1. The van der Waals surface area contributed by atoms with E-state index in [2.05, 4.69) is 20.6 Å². The molecule has 26 heavy (non-hydrogen) atoms. The fourth-order valence-electron chi connectivity index (χ4n) is 1.77. The zero-order valence-corrected chi connectivity index (χ0v) is 13.1. The number of methoxy groups -OCH3 is 1. The van der Waals surface area contributed by atoms with Crippen LogP contribution in [0.1, 0.15) is 5.56 Å². The van der Waals surface area contributed by atoms with Crippen molar-refractivity contribution < 1.29 is 24.5 Å². The summed E-state index contributed by atoms with van der Waals surface area (Å²) in [4.78, 5) is 34.9. The van der Waals surface area contributed by atoms with Crippen LogP contribution in [0.25, 0.3) is 0 Å². The smallest absolute Gasteiger partial charge is 0.490 e. The maximum Gasteiger partial charge on any atom is 0.490 e. The molecule has 0 aliphatic carbocycles. The third-order valence-corrected chi connectivity index (χ3v) is 2.91. The van der Waals surface area contributed by atoms with Gasteiger partial charge < -0.3 is 20.0 Å². The zero-order valence-electron chi connectivity index (χ0n) is 13.1. The van der Waals surface area contributed by atoms with Gasteiger partial charge in [-0.25, -0.2) is 5.43 Å². The maximum absolute atomic E-state index is 11.7. The van der Waals surface area contributed by atoms with E-state index in [1.54, 1.807) is 0 Å². The van der Waals surface area contributed by atoms with Crippen molar-refractivity contribution in [1.29, 1.82) is 0 Å². The molecule has 1 heterocycles. The Morgan fingerprint density at radius 3 is 2.73 bits per heavy atom. The third-order valence-electron chi connectivity index (χ3n) is 2.91. The fraction of sp³-hybridized carbons (Fsp3) is 0.167. The number of benzene rings is 1. The largest absolute Gasteiger partial charge is 0.504 e. The van der Waals surface area contributed by atoms with Gasteiger partial charge in [-0.2, -0.15) is 9.78 Å². The average Bonchev–Trinajstić information content (AvgIpc) is 3.04. The number of amides is 1. The van der Waals surface area contributed by atoms with Gasteiger partial charge >= 0.3 is 5.95 Å². The summed E-state index contributed by atoms with van der Waals surface area (Å²) in [6.45, 7) is -0.400. The van der Waals surface area contributed by atoms with Gasteiger partial charge in [0.2, 0.25) is 6.33 Å². The second-order valence-corrected chi connectivity index (χ2v) is 4.64. The van der Waals surface area contributed by atoms with Gasteiger partial charge in [-0.15, -0.1) is 0 Å². The van der Waals surface area contributed by atoms with Crippen molar-refractivity contribution in [3.63, 3.8) is 0 Å². The van der Waals surface area contributed by atoms with Crippen LogP contribution >= 0.6 is 0 Å². The molecule has 0 unspecified atom stereocenters. The molecule has 1 aromatic heterocycles. The average molecular weight is 365 g/mol. The van der Waals surface area contributed by atoms with Crippen LogP contribution in [0.4, 0.5) is 11.6 Å². The van der Waals surface area contributed by atoms with Crippen LogP contribution in [0.2, 0.25) is 0 Å². The summed E-state index contributed by atoms with van der Waals surface area (Å²) in [5.41, 5.74) is 1.67. The van der Waals surface area contributed by atoms with Crippen molar-refractivity contribution in [2.45, 2.75) is 6.54 Å². The summed E-state index contributed by atoms with van der Waals surface area (Å²) >= 11 is 0. The molecule has 0 aliphatic heterocycles. The van der Waals surface area contributed by atoms with E-state index in [9.17, 15) is 30.1 Å². The first-order valence-electron chi connectivity index (χ1n) is 6.73. The lowest BCUT2D eigenvalue weighted by Gasteiger charge is -2.05. The molecule has 0 aliphatic rings. The van der Waals surface area contributed by atoms with E-state index in [-0.39, 0.29) is 17.0 Å². The highest BCUT2D eigenvalue weighted by Gasteiger charge is 2.17. The SMILES string of the molecule is COc1cc([N+](=O)[O-])cc(C=NNC(=O)Cn2cnc([N+](=O)[O-])n2)c1O. The number of ether oxygens (including phenoxy) is 1. The molecule has 2 N–H and O–H groups in total. The molecule has 1 amide bonds. The topological polar surface area (TPSA) is 188 Å². The van der Waals surface area contributed by atoms with Crippen LogP contribution in [0.3, 0.4) is 0 Å². The first-order chi connectivity index (χ1) is 12.3. The normalized spacial score (nSPS) is 10.7. The fourth-order valence-corrected chi connectivity index (χ4v) is 1.77. The van der Waals surface area contributed by atoms with Crippen molar-refractivity contribution in [3.05, 3.63) is 44.3 Å². The minimum atomic E-state index is -0.814. The minimum Gasteiger partial charge on any atom is -0.504 e. The van der Waals surface area contributed by atoms with E-state index in [0.717, 1.165) is 29.4 Å². The quantitative estimate of drug-likeness (QED) is 0.385. The van der Waals surface area contributed by atoms with E-state index in [1.807, 2.05) is 0 Å². The van der Waals surface area contributed by atoms with E-state index in [1.165, 1.54) is 7.11 Å². The highest BCUT2D eigenvalue weighted by Crippen LogP contribution is 2.33. The van der Waals surface area contributed by atoms with E-state index in [0.29, 0.717) is 0 Å². The molecule has 14 heteroatoms. The number of phenols is 1. The van der Waals surface area contributed by atoms with Gasteiger partial charge in [-0.1, -0.05) is 4.98 Å². The molecule has 0 saturated heterocycles. The number of non-ortho nitro benzene ring substituents is 1. The first kappa shape index (κ1) is 18.2. The molecular formula is C12H11N7O7. The number of hydrogen-bond donors (Lipinski definition) is 2. The van der Waals surface area contributed by atoms with Crippen LogP contribution in [0, 0.1) is 20.2 Å². The number of phenolic OH excluding ortho intramolecular Hbond substituents is 1. The van der Waals surface area contributed by atoms with Gasteiger partial charge in [0.25, 0.3) is 11.6 Å². The van der Waals surface area contributed by atoms with E-state index in [4.69, 9.17) is 4.74 Å². The number of aromatic hydroxyl groups is 1. The number of nitro groups is 2. The Bertz CT molecular complexity index is 892. The molecule has 136 valence electrons. The van der Waals surface area contributed by atoms with Gasteiger partial charge in [0.05, 0.1) is 24.3 Å². The van der Waals surface area contributed by atoms with Gasteiger partial charge in [-0.3, -0.25) is 14.9 Å². The number of rotatable bonds is 7. The molecule has 0 saturated carbocycles. The number of nitrogens with one attached hydrogen (secondary N) is 1. The molecule has 0 bridgehead atoms. The summed E-state index contributed by atoms with van der Waals surface area (Å²) < 4.78 is 5.75. The Labute approximate surface area is 144 Å². The zero-order chi connectivity index (χ0) is 19.3. The molecule has 1 aromatic carbocycles. The number of carbonyl (C=O) groups is 1. The predicted octanol–water partition coefficient (Wildman–Crippen LogP) is -0.0410. The summed E-state index contributed by atoms with van der Waals surface area (Å²) in [5.74, 6) is -1.89. The molecule has 0 radical (unpaired) electrons. The number of hydrogen-bond acceptors (Lipinski definition) is 10. The summed E-state index contributed by atoms with van der Waals surface area (Å²) in [6, 6.07) is 2.07. The lowest BCUT2D eigenvalue weighted by atomic mass is 10.2. The molecule has 2 rings (SSSR count). The summed E-state index contributed by atoms with van der Waals surface area (Å²) in [7, 11) is 1.22. The second kappa shape index (κ2) is 7.65. The summed E-state index contributed by atoms with van der Waals surface area (Å²) in [5, 5.41) is 38.2. The monoisotopic (exact) mass is 365 g/mol. The molecule has 0 fully saturated rings. The van der Waals surface area contributed by atoms with Crippen LogP contribution in [0.5, 0.6) is 11.5 Å². The third kappa shape index (κ3) is 4.25. The standard InChI is InChI=1S/C12H11N7O7/c1-26-9-3-8(18(22)23)2-7(11(9)21)4-14-15-10(20)5-17-6-13-12(16-17)19(24)25/h2-4,6,21H,5H2,1H3,(H,15,20). The predicted molar refractivity (Wildman–Crippen MR) is 83.7 cm³/mol. The van der Waals surface area contributed by atoms with Crippen molar-refractivity contribution in [3.8, 4) is 11.5 Å². The summed E-state index contributed by atoms with van der Waals surface area (Å²) in [6.07, 6.45) is 1.98. The highest BCUT2D eigenvalue weighted by molar-refractivity contribution is 5.87. The first-order valence-corrected chi connectivity index (χ1v) is 6.73. The number of aromatic nitrogens is 3. The highest BCUT2D eigenvalue weighted by atomic mass is 16.6. The van der Waals surface area contributed by atoms with Crippen molar-refractivity contribution in [2.24, 2.45) is 5.10 Å². The van der Waals surface area contributed by atoms with Gasteiger partial charge in [0, 0.05) is 16.7 Å². The lowest BCUT2D eigenvalue weighted by Crippen LogP contribution is -2.23. The maximum atomic E-state index is 11.7. The van der Waals surface area contributed by atoms with Crippen LogP contribution in [0.15, 0.2) is 23.6 Å². The molecule has 0 spiro atoms. The van der Waals surface area contributed by atoms with Crippen molar-refractivity contribution in [2.75, 3.05) is 7.11 Å².